The quantitative estimate of drug-likeness (QED) is 0.866. The first-order valence-electron chi connectivity index (χ1n) is 5.67. The van der Waals surface area contributed by atoms with E-state index in [-0.39, 0.29) is 5.82 Å². The highest BCUT2D eigenvalue weighted by atomic mass is 79.9. The van der Waals surface area contributed by atoms with Gasteiger partial charge in [-0.15, -0.1) is 0 Å². The Labute approximate surface area is 105 Å². The van der Waals surface area contributed by atoms with Crippen LogP contribution in [0, 0.1) is 5.82 Å². The smallest absolute Gasteiger partial charge is 0.137 e. The maximum Gasteiger partial charge on any atom is 0.137 e. The van der Waals surface area contributed by atoms with Gasteiger partial charge in [-0.25, -0.2) is 4.39 Å². The summed E-state index contributed by atoms with van der Waals surface area (Å²) in [5.41, 5.74) is 0.303. The van der Waals surface area contributed by atoms with E-state index in [2.05, 4.69) is 22.9 Å². The first-order chi connectivity index (χ1) is 7.50. The molecule has 0 aliphatic rings. The third kappa shape index (κ3) is 3.56. The van der Waals surface area contributed by atoms with E-state index in [0.29, 0.717) is 10.9 Å². The summed E-state index contributed by atoms with van der Waals surface area (Å²) in [4.78, 5) is 0. The first-order valence-corrected chi connectivity index (χ1v) is 6.46. The summed E-state index contributed by atoms with van der Waals surface area (Å²) >= 11 is 3.16. The van der Waals surface area contributed by atoms with Crippen LogP contribution in [-0.2, 0) is 6.42 Å². The van der Waals surface area contributed by atoms with Gasteiger partial charge >= 0.3 is 0 Å². The highest BCUT2D eigenvalue weighted by Crippen LogP contribution is 2.25. The number of hydrogen-bond acceptors (Lipinski definition) is 1. The van der Waals surface area contributed by atoms with Crippen LogP contribution in [0.4, 0.5) is 4.39 Å². The Morgan fingerprint density at radius 3 is 2.56 bits per heavy atom. The average Bonchev–Trinajstić information content (AvgIpc) is 2.24. The van der Waals surface area contributed by atoms with Crippen molar-refractivity contribution >= 4 is 15.9 Å². The van der Waals surface area contributed by atoms with Crippen molar-refractivity contribution in [3.8, 4) is 0 Å². The Morgan fingerprint density at radius 2 is 2.06 bits per heavy atom. The summed E-state index contributed by atoms with van der Waals surface area (Å²) in [7, 11) is 0. The van der Waals surface area contributed by atoms with Crippen LogP contribution in [0.2, 0.25) is 0 Å². The van der Waals surface area contributed by atoms with Crippen molar-refractivity contribution < 1.29 is 9.50 Å². The lowest BCUT2D eigenvalue weighted by Crippen LogP contribution is -2.30. The second-order valence-electron chi connectivity index (χ2n) is 4.25. The number of halogens is 2. The fourth-order valence-corrected chi connectivity index (χ4v) is 2.31. The topological polar surface area (TPSA) is 20.2 Å². The third-order valence-corrected chi connectivity index (χ3v) is 3.50. The number of hydrogen-bond donors (Lipinski definition) is 1. The van der Waals surface area contributed by atoms with E-state index in [0.717, 1.165) is 24.8 Å². The summed E-state index contributed by atoms with van der Waals surface area (Å²) in [6.45, 7) is 4.04. The largest absolute Gasteiger partial charge is 0.390 e. The molecule has 3 heteroatoms. The van der Waals surface area contributed by atoms with Crippen LogP contribution < -0.4 is 0 Å². The molecule has 1 aromatic carbocycles. The van der Waals surface area contributed by atoms with E-state index in [9.17, 15) is 9.50 Å². The van der Waals surface area contributed by atoms with Crippen LogP contribution in [0.25, 0.3) is 0 Å². The Bertz CT molecular complexity index is 354. The van der Waals surface area contributed by atoms with Crippen LogP contribution in [0.3, 0.4) is 0 Å². The molecule has 1 N–H and O–H groups in total. The molecule has 1 atom stereocenters. The minimum absolute atomic E-state index is 0.265. The molecule has 1 nitrogen and oxygen atoms in total. The Morgan fingerprint density at radius 1 is 1.38 bits per heavy atom. The maximum atomic E-state index is 13.1. The predicted molar refractivity (Wildman–Crippen MR) is 68.0 cm³/mol. The lowest BCUT2D eigenvalue weighted by atomic mass is 9.88. The maximum absolute atomic E-state index is 13.1. The van der Waals surface area contributed by atoms with E-state index >= 15 is 0 Å². The van der Waals surface area contributed by atoms with Gasteiger partial charge in [-0.05, 0) is 46.5 Å². The molecule has 0 amide bonds. The summed E-state index contributed by atoms with van der Waals surface area (Å²) in [5, 5.41) is 10.3. The van der Waals surface area contributed by atoms with Crippen LogP contribution >= 0.6 is 15.9 Å². The van der Waals surface area contributed by atoms with Gasteiger partial charge in [0.25, 0.3) is 0 Å². The molecule has 0 saturated carbocycles. The minimum Gasteiger partial charge on any atom is -0.390 e. The molecular formula is C13H18BrFO. The normalized spacial score (nSPS) is 14.8. The molecule has 1 rings (SSSR count). The highest BCUT2D eigenvalue weighted by Gasteiger charge is 2.24. The monoisotopic (exact) mass is 288 g/mol. The SMILES string of the molecule is CCCC(O)(CC)Cc1ccc(F)c(Br)c1. The molecule has 1 unspecified atom stereocenters. The summed E-state index contributed by atoms with van der Waals surface area (Å²) in [6, 6.07) is 4.91. The lowest BCUT2D eigenvalue weighted by Gasteiger charge is -2.26. The number of benzene rings is 1. The first kappa shape index (κ1) is 13.7. The summed E-state index contributed by atoms with van der Waals surface area (Å²) in [5.74, 6) is -0.265. The van der Waals surface area contributed by atoms with E-state index in [1.807, 2.05) is 6.92 Å². The zero-order valence-corrected chi connectivity index (χ0v) is 11.3. The Kier molecular flexibility index (Phi) is 4.93. The van der Waals surface area contributed by atoms with Crippen LogP contribution in [0.5, 0.6) is 0 Å². The molecule has 0 aromatic heterocycles. The zero-order chi connectivity index (χ0) is 12.2. The second kappa shape index (κ2) is 5.78. The highest BCUT2D eigenvalue weighted by molar-refractivity contribution is 9.10. The van der Waals surface area contributed by atoms with E-state index in [1.54, 1.807) is 12.1 Å². The van der Waals surface area contributed by atoms with Gasteiger partial charge in [-0.1, -0.05) is 26.3 Å². The Hall–Kier alpha value is -0.410. The van der Waals surface area contributed by atoms with Gasteiger partial charge in [-0.2, -0.15) is 0 Å². The number of rotatable bonds is 5. The van der Waals surface area contributed by atoms with E-state index in [4.69, 9.17) is 0 Å². The van der Waals surface area contributed by atoms with Gasteiger partial charge in [0.15, 0.2) is 0 Å². The van der Waals surface area contributed by atoms with Gasteiger partial charge in [-0.3, -0.25) is 0 Å². The molecule has 16 heavy (non-hydrogen) atoms. The molecular weight excluding hydrogens is 271 g/mol. The molecule has 0 bridgehead atoms. The van der Waals surface area contributed by atoms with Gasteiger partial charge in [0.1, 0.15) is 5.82 Å². The number of aliphatic hydroxyl groups is 1. The molecule has 1 aromatic rings. The molecule has 0 fully saturated rings. The van der Waals surface area contributed by atoms with E-state index in [1.165, 1.54) is 6.07 Å². The summed E-state index contributed by atoms with van der Waals surface area (Å²) in [6.07, 6.45) is 3.03. The van der Waals surface area contributed by atoms with Crippen LogP contribution in [0.1, 0.15) is 38.7 Å². The zero-order valence-electron chi connectivity index (χ0n) is 9.76. The van der Waals surface area contributed by atoms with Crippen molar-refractivity contribution in [2.75, 3.05) is 0 Å². The standard InChI is InChI=1S/C13H18BrFO/c1-3-7-13(16,4-2)9-10-5-6-12(15)11(14)8-10/h5-6,8,16H,3-4,7,9H2,1-2H3. The van der Waals surface area contributed by atoms with Crippen molar-refractivity contribution in [1.82, 2.24) is 0 Å². The molecule has 90 valence electrons. The molecule has 0 radical (unpaired) electrons. The molecule has 0 aliphatic heterocycles. The Balaban J connectivity index is 2.81. The van der Waals surface area contributed by atoms with Crippen molar-refractivity contribution in [2.24, 2.45) is 0 Å². The van der Waals surface area contributed by atoms with Crippen molar-refractivity contribution in [1.29, 1.82) is 0 Å². The molecule has 0 saturated heterocycles. The van der Waals surface area contributed by atoms with Crippen LogP contribution in [0.15, 0.2) is 22.7 Å². The van der Waals surface area contributed by atoms with Crippen molar-refractivity contribution in [2.45, 2.75) is 45.1 Å². The van der Waals surface area contributed by atoms with E-state index < -0.39 is 5.60 Å². The lowest BCUT2D eigenvalue weighted by molar-refractivity contribution is 0.0270. The fourth-order valence-electron chi connectivity index (χ4n) is 1.89. The van der Waals surface area contributed by atoms with Crippen molar-refractivity contribution in [3.63, 3.8) is 0 Å². The molecule has 0 aliphatic carbocycles. The summed E-state index contributed by atoms with van der Waals surface area (Å²) < 4.78 is 13.5. The van der Waals surface area contributed by atoms with Crippen LogP contribution in [-0.4, -0.2) is 10.7 Å². The minimum atomic E-state index is -0.661. The fraction of sp³-hybridized carbons (Fsp3) is 0.538. The second-order valence-corrected chi connectivity index (χ2v) is 5.11. The van der Waals surface area contributed by atoms with Gasteiger partial charge < -0.3 is 5.11 Å². The van der Waals surface area contributed by atoms with Gasteiger partial charge in [0.05, 0.1) is 10.1 Å². The predicted octanol–water partition coefficient (Wildman–Crippen LogP) is 4.07. The average molecular weight is 289 g/mol. The molecule has 0 spiro atoms. The molecule has 0 heterocycles. The van der Waals surface area contributed by atoms with Gasteiger partial charge in [0.2, 0.25) is 0 Å². The third-order valence-electron chi connectivity index (χ3n) is 2.89. The van der Waals surface area contributed by atoms with Gasteiger partial charge in [0, 0.05) is 6.42 Å². The van der Waals surface area contributed by atoms with Crippen molar-refractivity contribution in [3.05, 3.63) is 34.1 Å².